The Morgan fingerprint density at radius 2 is 2.00 bits per heavy atom. The van der Waals surface area contributed by atoms with Gasteiger partial charge in [0.05, 0.1) is 24.8 Å². The van der Waals surface area contributed by atoms with E-state index in [0.29, 0.717) is 11.3 Å². The van der Waals surface area contributed by atoms with E-state index in [1.807, 2.05) is 0 Å². The molecule has 1 unspecified atom stereocenters. The number of sulfone groups is 1. The summed E-state index contributed by atoms with van der Waals surface area (Å²) in [6.45, 7) is -0.400. The zero-order chi connectivity index (χ0) is 16.2. The standard InChI is InChI=1S/C15H16O6S/c1-20-14-5-3-2-4-12(14)13(16)9-21-15(17)8-11-6-7-22(18,19)10-11/h2-7,11H,8-10H2,1H3. The molecule has 118 valence electrons. The van der Waals surface area contributed by atoms with Crippen LogP contribution >= 0.6 is 0 Å². The van der Waals surface area contributed by atoms with E-state index >= 15 is 0 Å². The van der Waals surface area contributed by atoms with Crippen molar-refractivity contribution in [2.75, 3.05) is 19.5 Å². The molecule has 1 aromatic rings. The molecule has 1 aliphatic heterocycles. The number of Topliss-reactive ketones (excluding diaryl/α,β-unsaturated/α-hetero) is 1. The van der Waals surface area contributed by atoms with Gasteiger partial charge in [-0.1, -0.05) is 18.2 Å². The molecule has 1 aromatic carbocycles. The maximum Gasteiger partial charge on any atom is 0.306 e. The molecule has 0 aliphatic carbocycles. The van der Waals surface area contributed by atoms with Gasteiger partial charge in [-0.2, -0.15) is 0 Å². The van der Waals surface area contributed by atoms with E-state index < -0.39 is 22.4 Å². The quantitative estimate of drug-likeness (QED) is 0.580. The molecule has 2 rings (SSSR count). The van der Waals surface area contributed by atoms with Crippen molar-refractivity contribution >= 4 is 21.6 Å². The number of hydrogen-bond donors (Lipinski definition) is 0. The minimum Gasteiger partial charge on any atom is -0.496 e. The number of allylic oxidation sites excluding steroid dienone is 1. The Labute approximate surface area is 128 Å². The number of methoxy groups -OCH3 is 1. The molecule has 22 heavy (non-hydrogen) atoms. The van der Waals surface area contributed by atoms with Crippen LogP contribution in [0.4, 0.5) is 0 Å². The summed E-state index contributed by atoms with van der Waals surface area (Å²) in [5.41, 5.74) is 0.334. The Hall–Kier alpha value is -2.15. The second-order valence-electron chi connectivity index (χ2n) is 4.91. The number of carbonyl (C=O) groups is 2. The van der Waals surface area contributed by atoms with Gasteiger partial charge in [0.2, 0.25) is 5.78 Å². The summed E-state index contributed by atoms with van der Waals surface area (Å²) in [5.74, 6) is -1.05. The van der Waals surface area contributed by atoms with Crippen molar-refractivity contribution in [1.82, 2.24) is 0 Å². The van der Waals surface area contributed by atoms with Crippen molar-refractivity contribution < 1.29 is 27.5 Å². The number of carbonyl (C=O) groups excluding carboxylic acids is 2. The molecule has 1 aliphatic rings. The van der Waals surface area contributed by atoms with Gasteiger partial charge in [0, 0.05) is 11.3 Å². The van der Waals surface area contributed by atoms with Crippen LogP contribution in [-0.2, 0) is 19.4 Å². The lowest BCUT2D eigenvalue weighted by atomic mass is 10.1. The van der Waals surface area contributed by atoms with Gasteiger partial charge < -0.3 is 9.47 Å². The summed E-state index contributed by atoms with van der Waals surface area (Å²) in [6, 6.07) is 6.64. The van der Waals surface area contributed by atoms with Gasteiger partial charge in [-0.05, 0) is 12.1 Å². The molecule has 0 saturated heterocycles. The summed E-state index contributed by atoms with van der Waals surface area (Å²) in [5, 5.41) is 1.10. The Kier molecular flexibility index (Phi) is 4.97. The smallest absolute Gasteiger partial charge is 0.306 e. The highest BCUT2D eigenvalue weighted by molar-refractivity contribution is 7.94. The largest absolute Gasteiger partial charge is 0.496 e. The number of esters is 1. The van der Waals surface area contributed by atoms with E-state index in [9.17, 15) is 18.0 Å². The molecule has 0 spiro atoms. The third kappa shape index (κ3) is 4.17. The van der Waals surface area contributed by atoms with Gasteiger partial charge in [0.25, 0.3) is 0 Å². The first-order valence-corrected chi connectivity index (χ1v) is 8.35. The molecule has 0 N–H and O–H groups in total. The van der Waals surface area contributed by atoms with Gasteiger partial charge in [-0.15, -0.1) is 0 Å². The summed E-state index contributed by atoms with van der Waals surface area (Å²) in [4.78, 5) is 23.7. The van der Waals surface area contributed by atoms with Crippen LogP contribution in [-0.4, -0.2) is 39.6 Å². The Balaban J connectivity index is 1.86. The van der Waals surface area contributed by atoms with E-state index in [4.69, 9.17) is 9.47 Å². The molecule has 7 heteroatoms. The lowest BCUT2D eigenvalue weighted by Crippen LogP contribution is -2.18. The van der Waals surface area contributed by atoms with Gasteiger partial charge >= 0.3 is 5.97 Å². The maximum atomic E-state index is 12.0. The van der Waals surface area contributed by atoms with Crippen LogP contribution in [0.3, 0.4) is 0 Å². The first kappa shape index (κ1) is 16.2. The number of ketones is 1. The monoisotopic (exact) mass is 324 g/mol. The molecule has 0 bridgehead atoms. The van der Waals surface area contributed by atoms with E-state index in [1.165, 1.54) is 13.2 Å². The molecule has 1 atom stereocenters. The molecular weight excluding hydrogens is 308 g/mol. The third-order valence-electron chi connectivity index (χ3n) is 3.20. The molecule has 0 saturated carbocycles. The predicted molar refractivity (Wildman–Crippen MR) is 79.3 cm³/mol. The second-order valence-corrected chi connectivity index (χ2v) is 6.84. The Morgan fingerprint density at radius 1 is 1.27 bits per heavy atom. The highest BCUT2D eigenvalue weighted by Crippen LogP contribution is 2.20. The van der Waals surface area contributed by atoms with Gasteiger partial charge in [-0.3, -0.25) is 9.59 Å². The number of hydrogen-bond acceptors (Lipinski definition) is 6. The minimum absolute atomic E-state index is 0.0606. The first-order valence-electron chi connectivity index (χ1n) is 6.64. The molecule has 6 nitrogen and oxygen atoms in total. The SMILES string of the molecule is COc1ccccc1C(=O)COC(=O)CC1C=CS(=O)(=O)C1. The lowest BCUT2D eigenvalue weighted by molar-refractivity contribution is -0.143. The fourth-order valence-electron chi connectivity index (χ4n) is 2.14. The van der Waals surface area contributed by atoms with Crippen molar-refractivity contribution in [1.29, 1.82) is 0 Å². The topological polar surface area (TPSA) is 86.7 Å². The summed E-state index contributed by atoms with van der Waals surface area (Å²) in [7, 11) is -1.75. The second kappa shape index (κ2) is 6.74. The highest BCUT2D eigenvalue weighted by Gasteiger charge is 2.25. The van der Waals surface area contributed by atoms with Crippen LogP contribution in [0.15, 0.2) is 35.7 Å². The summed E-state index contributed by atoms with van der Waals surface area (Å²) in [6.07, 6.45) is 1.41. The van der Waals surface area contributed by atoms with Crippen LogP contribution in [0.1, 0.15) is 16.8 Å². The summed E-state index contributed by atoms with van der Waals surface area (Å²) < 4.78 is 32.5. The van der Waals surface area contributed by atoms with Gasteiger partial charge in [-0.25, -0.2) is 8.42 Å². The average Bonchev–Trinajstić information content (AvgIpc) is 2.83. The van der Waals surface area contributed by atoms with Crippen molar-refractivity contribution in [2.45, 2.75) is 6.42 Å². The number of rotatable bonds is 6. The zero-order valence-electron chi connectivity index (χ0n) is 12.0. The molecular formula is C15H16O6S. The van der Waals surface area contributed by atoms with E-state index in [2.05, 4.69) is 0 Å². The Morgan fingerprint density at radius 3 is 2.64 bits per heavy atom. The van der Waals surface area contributed by atoms with Crippen molar-refractivity contribution in [3.8, 4) is 5.75 Å². The Bertz CT molecular complexity index is 704. The molecule has 0 aromatic heterocycles. The van der Waals surface area contributed by atoms with Crippen molar-refractivity contribution in [2.24, 2.45) is 5.92 Å². The van der Waals surface area contributed by atoms with E-state index in [1.54, 1.807) is 24.3 Å². The average molecular weight is 324 g/mol. The number of benzene rings is 1. The highest BCUT2D eigenvalue weighted by atomic mass is 32.2. The van der Waals surface area contributed by atoms with Crippen LogP contribution in [0.5, 0.6) is 5.75 Å². The fraction of sp³-hybridized carbons (Fsp3) is 0.333. The van der Waals surface area contributed by atoms with Crippen LogP contribution in [0, 0.1) is 5.92 Å². The molecule has 0 amide bonds. The lowest BCUT2D eigenvalue weighted by Gasteiger charge is -2.09. The first-order chi connectivity index (χ1) is 10.4. The summed E-state index contributed by atoms with van der Waals surface area (Å²) >= 11 is 0. The zero-order valence-corrected chi connectivity index (χ0v) is 12.8. The van der Waals surface area contributed by atoms with Gasteiger partial charge in [0.1, 0.15) is 5.75 Å². The molecule has 1 heterocycles. The molecule has 0 radical (unpaired) electrons. The van der Waals surface area contributed by atoms with Crippen molar-refractivity contribution in [3.05, 3.63) is 41.3 Å². The van der Waals surface area contributed by atoms with Crippen LogP contribution in [0.2, 0.25) is 0 Å². The molecule has 0 fully saturated rings. The number of ether oxygens (including phenoxy) is 2. The van der Waals surface area contributed by atoms with Gasteiger partial charge in [0.15, 0.2) is 16.4 Å². The third-order valence-corrected chi connectivity index (χ3v) is 4.67. The fourth-order valence-corrected chi connectivity index (χ4v) is 3.54. The van der Waals surface area contributed by atoms with Crippen LogP contribution < -0.4 is 4.74 Å². The van der Waals surface area contributed by atoms with Crippen molar-refractivity contribution in [3.63, 3.8) is 0 Å². The maximum absolute atomic E-state index is 12.0. The number of para-hydroxylation sites is 1. The minimum atomic E-state index is -3.20. The van der Waals surface area contributed by atoms with E-state index in [-0.39, 0.29) is 23.9 Å². The normalized spacial score (nSPS) is 18.9. The van der Waals surface area contributed by atoms with Crippen LogP contribution in [0.25, 0.3) is 0 Å². The predicted octanol–water partition coefficient (Wildman–Crippen LogP) is 1.37. The van der Waals surface area contributed by atoms with E-state index in [0.717, 1.165) is 5.41 Å².